The molecule has 2 rings (SSSR count). The number of aromatic carboxylic acids is 1. The van der Waals surface area contributed by atoms with Gasteiger partial charge in [-0.15, -0.1) is 0 Å². The molecule has 0 aliphatic rings. The second kappa shape index (κ2) is 7.26. The molecule has 0 unspecified atom stereocenters. The van der Waals surface area contributed by atoms with Crippen molar-refractivity contribution in [2.75, 3.05) is 6.61 Å². The van der Waals surface area contributed by atoms with E-state index in [2.05, 4.69) is 5.32 Å². The molecule has 5 nitrogen and oxygen atoms in total. The zero-order valence-electron chi connectivity index (χ0n) is 12.2. The molecule has 0 saturated heterocycles. The lowest BCUT2D eigenvalue weighted by Gasteiger charge is -2.07. The average Bonchev–Trinajstić information content (AvgIpc) is 2.54. The second-order valence-corrected chi connectivity index (χ2v) is 4.64. The maximum atomic E-state index is 12.0. The topological polar surface area (TPSA) is 75.6 Å². The van der Waals surface area contributed by atoms with Gasteiger partial charge in [-0.25, -0.2) is 4.79 Å². The first-order valence-corrected chi connectivity index (χ1v) is 6.93. The average molecular weight is 299 g/mol. The Hall–Kier alpha value is -2.82. The summed E-state index contributed by atoms with van der Waals surface area (Å²) in [7, 11) is 0. The van der Waals surface area contributed by atoms with E-state index in [1.54, 1.807) is 36.4 Å². The maximum absolute atomic E-state index is 12.0. The minimum Gasteiger partial charge on any atom is -0.494 e. The van der Waals surface area contributed by atoms with E-state index in [0.717, 1.165) is 11.3 Å². The number of hydrogen-bond donors (Lipinski definition) is 2. The van der Waals surface area contributed by atoms with Crippen LogP contribution in [0.1, 0.15) is 33.2 Å². The van der Waals surface area contributed by atoms with Crippen molar-refractivity contribution in [1.82, 2.24) is 5.32 Å². The number of amides is 1. The van der Waals surface area contributed by atoms with Gasteiger partial charge in [-0.3, -0.25) is 4.79 Å². The van der Waals surface area contributed by atoms with Gasteiger partial charge < -0.3 is 15.2 Å². The van der Waals surface area contributed by atoms with Crippen LogP contribution in [-0.4, -0.2) is 23.6 Å². The Balaban J connectivity index is 1.93. The highest BCUT2D eigenvalue weighted by Gasteiger charge is 2.06. The molecule has 5 heteroatoms. The number of carbonyl (C=O) groups is 2. The third-order valence-corrected chi connectivity index (χ3v) is 3.08. The van der Waals surface area contributed by atoms with Crippen LogP contribution in [0.2, 0.25) is 0 Å². The van der Waals surface area contributed by atoms with Gasteiger partial charge in [-0.1, -0.05) is 12.1 Å². The van der Waals surface area contributed by atoms with Crippen LogP contribution in [0.15, 0.2) is 48.5 Å². The first-order chi connectivity index (χ1) is 10.6. The van der Waals surface area contributed by atoms with Crippen LogP contribution in [0.3, 0.4) is 0 Å². The van der Waals surface area contributed by atoms with Gasteiger partial charge >= 0.3 is 5.97 Å². The quantitative estimate of drug-likeness (QED) is 0.860. The van der Waals surface area contributed by atoms with Gasteiger partial charge in [0, 0.05) is 12.1 Å². The zero-order chi connectivity index (χ0) is 15.9. The summed E-state index contributed by atoms with van der Waals surface area (Å²) < 4.78 is 5.32. The Morgan fingerprint density at radius 2 is 1.59 bits per heavy atom. The Morgan fingerprint density at radius 3 is 2.14 bits per heavy atom. The minimum absolute atomic E-state index is 0.189. The third kappa shape index (κ3) is 4.09. The molecule has 0 aliphatic heterocycles. The van der Waals surface area contributed by atoms with Gasteiger partial charge in [0.15, 0.2) is 0 Å². The van der Waals surface area contributed by atoms with Crippen LogP contribution < -0.4 is 10.1 Å². The SMILES string of the molecule is CCOc1ccc(C(=O)NCc2ccc(C(=O)O)cc2)cc1. The van der Waals surface area contributed by atoms with Crippen molar-refractivity contribution in [3.8, 4) is 5.75 Å². The van der Waals surface area contributed by atoms with Gasteiger partial charge in [0.25, 0.3) is 5.91 Å². The highest BCUT2D eigenvalue weighted by molar-refractivity contribution is 5.94. The molecule has 0 atom stereocenters. The smallest absolute Gasteiger partial charge is 0.335 e. The molecule has 2 N–H and O–H groups in total. The number of nitrogens with one attached hydrogen (secondary N) is 1. The van der Waals surface area contributed by atoms with Crippen LogP contribution in [0.4, 0.5) is 0 Å². The third-order valence-electron chi connectivity index (χ3n) is 3.08. The standard InChI is InChI=1S/C17H17NO4/c1-2-22-15-9-7-13(8-10-15)16(19)18-11-12-3-5-14(6-4-12)17(20)21/h3-10H,2,11H2,1H3,(H,18,19)(H,20,21). The molecule has 0 heterocycles. The molecular weight excluding hydrogens is 282 g/mol. The Bertz CT molecular complexity index is 647. The van der Waals surface area contributed by atoms with E-state index in [1.807, 2.05) is 6.92 Å². The lowest BCUT2D eigenvalue weighted by Crippen LogP contribution is -2.22. The number of rotatable bonds is 6. The molecule has 0 fully saturated rings. The van der Waals surface area contributed by atoms with Gasteiger partial charge in [-0.05, 0) is 48.9 Å². The highest BCUT2D eigenvalue weighted by Crippen LogP contribution is 2.12. The van der Waals surface area contributed by atoms with Crippen LogP contribution in [0.5, 0.6) is 5.75 Å². The van der Waals surface area contributed by atoms with Crippen molar-refractivity contribution in [2.24, 2.45) is 0 Å². The molecule has 0 spiro atoms. The predicted molar refractivity (Wildman–Crippen MR) is 82.2 cm³/mol. The second-order valence-electron chi connectivity index (χ2n) is 4.64. The van der Waals surface area contributed by atoms with E-state index in [9.17, 15) is 9.59 Å². The number of carbonyl (C=O) groups excluding carboxylic acids is 1. The fraction of sp³-hybridized carbons (Fsp3) is 0.176. The fourth-order valence-electron chi connectivity index (χ4n) is 1.92. The summed E-state index contributed by atoms with van der Waals surface area (Å²) in [5.41, 5.74) is 1.61. The molecule has 22 heavy (non-hydrogen) atoms. The van der Waals surface area contributed by atoms with Crippen molar-refractivity contribution >= 4 is 11.9 Å². The molecular formula is C17H17NO4. The van der Waals surface area contributed by atoms with Gasteiger partial charge in [0.2, 0.25) is 0 Å². The Labute approximate surface area is 128 Å². The molecule has 0 saturated carbocycles. The molecule has 0 bridgehead atoms. The first-order valence-electron chi connectivity index (χ1n) is 6.93. The van der Waals surface area contributed by atoms with Gasteiger partial charge in [0.1, 0.15) is 5.75 Å². The summed E-state index contributed by atoms with van der Waals surface area (Å²) in [5.74, 6) is -0.432. The van der Waals surface area contributed by atoms with Crippen LogP contribution in [0.25, 0.3) is 0 Å². The fourth-order valence-corrected chi connectivity index (χ4v) is 1.92. The Morgan fingerprint density at radius 1 is 1.00 bits per heavy atom. The number of hydrogen-bond acceptors (Lipinski definition) is 3. The van der Waals surface area contributed by atoms with E-state index in [1.165, 1.54) is 12.1 Å². The molecule has 2 aromatic rings. The van der Waals surface area contributed by atoms with Crippen LogP contribution in [-0.2, 0) is 6.54 Å². The normalized spacial score (nSPS) is 10.0. The van der Waals surface area contributed by atoms with Crippen LogP contribution in [0, 0.1) is 0 Å². The molecule has 0 aliphatic carbocycles. The molecule has 0 radical (unpaired) electrons. The van der Waals surface area contributed by atoms with Crippen molar-refractivity contribution in [1.29, 1.82) is 0 Å². The van der Waals surface area contributed by atoms with E-state index in [4.69, 9.17) is 9.84 Å². The van der Waals surface area contributed by atoms with Gasteiger partial charge in [-0.2, -0.15) is 0 Å². The summed E-state index contributed by atoms with van der Waals surface area (Å²) in [6.45, 7) is 2.82. The highest BCUT2D eigenvalue weighted by atomic mass is 16.5. The number of benzene rings is 2. The van der Waals surface area contributed by atoms with Crippen molar-refractivity contribution in [2.45, 2.75) is 13.5 Å². The summed E-state index contributed by atoms with van der Waals surface area (Å²) in [5, 5.41) is 11.6. The van der Waals surface area contributed by atoms with Crippen molar-refractivity contribution in [3.63, 3.8) is 0 Å². The molecule has 0 aromatic heterocycles. The van der Waals surface area contributed by atoms with Crippen molar-refractivity contribution in [3.05, 3.63) is 65.2 Å². The summed E-state index contributed by atoms with van der Waals surface area (Å²) in [6, 6.07) is 13.3. The largest absolute Gasteiger partial charge is 0.494 e. The zero-order valence-corrected chi connectivity index (χ0v) is 12.2. The number of ether oxygens (including phenoxy) is 1. The van der Waals surface area contributed by atoms with Crippen LogP contribution >= 0.6 is 0 Å². The molecule has 1 amide bonds. The predicted octanol–water partition coefficient (Wildman–Crippen LogP) is 2.71. The first kappa shape index (κ1) is 15.6. The van der Waals surface area contributed by atoms with E-state index >= 15 is 0 Å². The monoisotopic (exact) mass is 299 g/mol. The Kier molecular flexibility index (Phi) is 5.14. The van der Waals surface area contributed by atoms with E-state index in [0.29, 0.717) is 18.7 Å². The number of carboxylic acids is 1. The number of carboxylic acid groups (broad SMARTS) is 1. The summed E-state index contributed by atoms with van der Waals surface area (Å²) >= 11 is 0. The molecule has 114 valence electrons. The molecule has 2 aromatic carbocycles. The lowest BCUT2D eigenvalue weighted by atomic mass is 10.1. The van der Waals surface area contributed by atoms with Gasteiger partial charge in [0.05, 0.1) is 12.2 Å². The van der Waals surface area contributed by atoms with Crippen molar-refractivity contribution < 1.29 is 19.4 Å². The minimum atomic E-state index is -0.968. The van der Waals surface area contributed by atoms with E-state index in [-0.39, 0.29) is 11.5 Å². The summed E-state index contributed by atoms with van der Waals surface area (Å²) in [6.07, 6.45) is 0. The maximum Gasteiger partial charge on any atom is 0.335 e. The van der Waals surface area contributed by atoms with E-state index < -0.39 is 5.97 Å². The lowest BCUT2D eigenvalue weighted by molar-refractivity contribution is 0.0696. The summed E-state index contributed by atoms with van der Waals surface area (Å²) in [4.78, 5) is 22.8.